The van der Waals surface area contributed by atoms with Crippen LogP contribution in [-0.4, -0.2) is 66.4 Å². The van der Waals surface area contributed by atoms with Gasteiger partial charge in [0.1, 0.15) is 13.1 Å². The molecule has 0 saturated carbocycles. The van der Waals surface area contributed by atoms with Crippen molar-refractivity contribution in [3.8, 4) is 0 Å². The third kappa shape index (κ3) is 6.60. The van der Waals surface area contributed by atoms with Crippen molar-refractivity contribution in [2.75, 3.05) is 33.4 Å². The summed E-state index contributed by atoms with van der Waals surface area (Å²) in [7, 11) is 1.44. The van der Waals surface area contributed by atoms with E-state index in [1.807, 2.05) is 0 Å². The first-order valence-corrected chi connectivity index (χ1v) is 4.42. The number of urea groups is 1. The molecule has 0 aromatic carbocycles. The lowest BCUT2D eigenvalue weighted by Crippen LogP contribution is -2.46. The van der Waals surface area contributed by atoms with Crippen LogP contribution in [0.4, 0.5) is 4.79 Å². The van der Waals surface area contributed by atoms with Crippen LogP contribution >= 0.6 is 0 Å². The molecular formula is C8H14N2O6. The van der Waals surface area contributed by atoms with Gasteiger partial charge in [-0.1, -0.05) is 0 Å². The molecule has 0 aliphatic heterocycles. The van der Waals surface area contributed by atoms with Gasteiger partial charge in [0.2, 0.25) is 0 Å². The van der Waals surface area contributed by atoms with E-state index in [0.29, 0.717) is 4.90 Å². The summed E-state index contributed by atoms with van der Waals surface area (Å²) >= 11 is 0. The van der Waals surface area contributed by atoms with E-state index in [-0.39, 0.29) is 13.2 Å². The van der Waals surface area contributed by atoms with E-state index >= 15 is 0 Å². The number of aliphatic carboxylic acids is 2. The quantitative estimate of drug-likeness (QED) is 0.477. The van der Waals surface area contributed by atoms with E-state index in [9.17, 15) is 14.4 Å². The molecular weight excluding hydrogens is 220 g/mol. The van der Waals surface area contributed by atoms with Crippen LogP contribution in [0, 0.1) is 0 Å². The fraction of sp³-hybridized carbons (Fsp3) is 0.625. The first kappa shape index (κ1) is 14.2. The highest BCUT2D eigenvalue weighted by molar-refractivity contribution is 5.84. The van der Waals surface area contributed by atoms with E-state index in [1.165, 1.54) is 7.11 Å². The molecule has 16 heavy (non-hydrogen) atoms. The van der Waals surface area contributed by atoms with Gasteiger partial charge in [0.15, 0.2) is 0 Å². The third-order valence-electron chi connectivity index (χ3n) is 1.52. The van der Waals surface area contributed by atoms with Gasteiger partial charge >= 0.3 is 18.0 Å². The number of methoxy groups -OCH3 is 1. The number of ether oxygens (including phenoxy) is 1. The van der Waals surface area contributed by atoms with Gasteiger partial charge < -0.3 is 25.2 Å². The van der Waals surface area contributed by atoms with Gasteiger partial charge in [-0.05, 0) is 0 Å². The number of carbonyl (C=O) groups excluding carboxylic acids is 1. The van der Waals surface area contributed by atoms with Crippen LogP contribution in [0.25, 0.3) is 0 Å². The Morgan fingerprint density at radius 3 is 2.06 bits per heavy atom. The second kappa shape index (κ2) is 7.46. The SMILES string of the molecule is COCCNC(=O)N(CC(=O)O)CC(=O)O. The number of hydrogen-bond donors (Lipinski definition) is 3. The molecule has 0 aromatic rings. The van der Waals surface area contributed by atoms with Crippen LogP contribution < -0.4 is 5.32 Å². The molecule has 0 heterocycles. The highest BCUT2D eigenvalue weighted by Gasteiger charge is 2.18. The number of rotatable bonds is 7. The van der Waals surface area contributed by atoms with Crippen molar-refractivity contribution in [1.82, 2.24) is 10.2 Å². The summed E-state index contributed by atoms with van der Waals surface area (Å²) in [4.78, 5) is 32.8. The first-order valence-electron chi connectivity index (χ1n) is 4.42. The minimum absolute atomic E-state index is 0.186. The molecule has 3 N–H and O–H groups in total. The van der Waals surface area contributed by atoms with Crippen molar-refractivity contribution >= 4 is 18.0 Å². The molecule has 2 amide bonds. The van der Waals surface area contributed by atoms with Crippen molar-refractivity contribution in [2.45, 2.75) is 0 Å². The number of hydrogen-bond acceptors (Lipinski definition) is 4. The second-order valence-electron chi connectivity index (χ2n) is 2.87. The van der Waals surface area contributed by atoms with E-state index in [0.717, 1.165) is 0 Å². The van der Waals surface area contributed by atoms with Crippen LogP contribution in [0.15, 0.2) is 0 Å². The molecule has 0 unspecified atom stereocenters. The van der Waals surface area contributed by atoms with Crippen molar-refractivity contribution in [3.05, 3.63) is 0 Å². The zero-order valence-corrected chi connectivity index (χ0v) is 8.80. The van der Waals surface area contributed by atoms with Crippen molar-refractivity contribution in [1.29, 1.82) is 0 Å². The summed E-state index contributed by atoms with van der Waals surface area (Å²) in [6, 6.07) is -0.748. The molecule has 0 aliphatic rings. The maximum Gasteiger partial charge on any atom is 0.323 e. The molecule has 0 rings (SSSR count). The monoisotopic (exact) mass is 234 g/mol. The second-order valence-corrected chi connectivity index (χ2v) is 2.87. The lowest BCUT2D eigenvalue weighted by molar-refractivity contribution is -0.140. The molecule has 0 aliphatic carbocycles. The molecule has 0 aromatic heterocycles. The number of nitrogens with one attached hydrogen (secondary N) is 1. The summed E-state index contributed by atoms with van der Waals surface area (Å²) in [6.07, 6.45) is 0. The van der Waals surface area contributed by atoms with Crippen LogP contribution in [-0.2, 0) is 14.3 Å². The van der Waals surface area contributed by atoms with E-state index in [1.54, 1.807) is 0 Å². The number of amides is 2. The molecule has 0 radical (unpaired) electrons. The third-order valence-corrected chi connectivity index (χ3v) is 1.52. The zero-order valence-electron chi connectivity index (χ0n) is 8.80. The molecule has 0 spiro atoms. The van der Waals surface area contributed by atoms with Gasteiger partial charge in [-0.2, -0.15) is 0 Å². The molecule has 0 atom stereocenters. The number of nitrogens with zero attached hydrogens (tertiary/aromatic N) is 1. The van der Waals surface area contributed by atoms with Gasteiger partial charge in [0.25, 0.3) is 0 Å². The fourth-order valence-corrected chi connectivity index (χ4v) is 0.898. The smallest absolute Gasteiger partial charge is 0.323 e. The Morgan fingerprint density at radius 2 is 1.69 bits per heavy atom. The summed E-state index contributed by atoms with van der Waals surface area (Å²) in [5, 5.41) is 19.3. The molecule has 0 saturated heterocycles. The number of carboxylic acid groups (broad SMARTS) is 2. The van der Waals surface area contributed by atoms with Gasteiger partial charge in [-0.3, -0.25) is 9.59 Å². The summed E-state index contributed by atoms with van der Waals surface area (Å²) < 4.78 is 4.67. The van der Waals surface area contributed by atoms with E-state index in [2.05, 4.69) is 10.1 Å². The van der Waals surface area contributed by atoms with E-state index < -0.39 is 31.1 Å². The van der Waals surface area contributed by atoms with Gasteiger partial charge in [-0.15, -0.1) is 0 Å². The Morgan fingerprint density at radius 1 is 1.19 bits per heavy atom. The highest BCUT2D eigenvalue weighted by atomic mass is 16.5. The standard InChI is InChI=1S/C8H14N2O6/c1-16-3-2-9-8(15)10(4-6(11)12)5-7(13)14/h2-5H2,1H3,(H,9,15)(H,11,12)(H,13,14). The lowest BCUT2D eigenvalue weighted by Gasteiger charge is -2.18. The average Bonchev–Trinajstić information content (AvgIpc) is 2.15. The lowest BCUT2D eigenvalue weighted by atomic mass is 10.5. The summed E-state index contributed by atoms with van der Waals surface area (Å²) in [6.45, 7) is -0.874. The van der Waals surface area contributed by atoms with Crippen LogP contribution in [0.2, 0.25) is 0 Å². The molecule has 8 heteroatoms. The largest absolute Gasteiger partial charge is 0.480 e. The first-order chi connectivity index (χ1) is 7.47. The predicted molar refractivity (Wildman–Crippen MR) is 52.1 cm³/mol. The van der Waals surface area contributed by atoms with Gasteiger partial charge in [-0.25, -0.2) is 4.79 Å². The molecule has 0 fully saturated rings. The summed E-state index contributed by atoms with van der Waals surface area (Å²) in [5.74, 6) is -2.55. The topological polar surface area (TPSA) is 116 Å². The average molecular weight is 234 g/mol. The van der Waals surface area contributed by atoms with Gasteiger partial charge in [0, 0.05) is 13.7 Å². The van der Waals surface area contributed by atoms with Crippen LogP contribution in [0.1, 0.15) is 0 Å². The Bertz CT molecular complexity index is 251. The minimum atomic E-state index is -1.27. The highest BCUT2D eigenvalue weighted by Crippen LogP contribution is 1.90. The fourth-order valence-electron chi connectivity index (χ4n) is 0.898. The van der Waals surface area contributed by atoms with Crippen LogP contribution in [0.5, 0.6) is 0 Å². The Hall–Kier alpha value is -1.83. The van der Waals surface area contributed by atoms with Crippen molar-refractivity contribution < 1.29 is 29.3 Å². The Labute approximate surface area is 91.8 Å². The van der Waals surface area contributed by atoms with Crippen molar-refractivity contribution in [3.63, 3.8) is 0 Å². The maximum absolute atomic E-state index is 11.3. The van der Waals surface area contributed by atoms with E-state index in [4.69, 9.17) is 10.2 Å². The van der Waals surface area contributed by atoms with Crippen molar-refractivity contribution in [2.24, 2.45) is 0 Å². The minimum Gasteiger partial charge on any atom is -0.480 e. The Balaban J connectivity index is 4.20. The van der Waals surface area contributed by atoms with Gasteiger partial charge in [0.05, 0.1) is 6.61 Å². The zero-order chi connectivity index (χ0) is 12.6. The van der Waals surface area contributed by atoms with Crippen LogP contribution in [0.3, 0.4) is 0 Å². The maximum atomic E-state index is 11.3. The number of carbonyl (C=O) groups is 3. The summed E-state index contributed by atoms with van der Waals surface area (Å²) in [5.41, 5.74) is 0. The number of carboxylic acids is 2. The molecule has 8 nitrogen and oxygen atoms in total. The normalized spacial score (nSPS) is 9.56. The predicted octanol–water partition coefficient (Wildman–Crippen LogP) is -1.19. The molecule has 0 bridgehead atoms. The molecule has 92 valence electrons. The Kier molecular flexibility index (Phi) is 6.61.